The quantitative estimate of drug-likeness (QED) is 0.575. The molecule has 8 nitrogen and oxygen atoms in total. The number of hydrogen-bond acceptors (Lipinski definition) is 6. The van der Waals surface area contributed by atoms with E-state index in [1.165, 1.54) is 30.5 Å². The van der Waals surface area contributed by atoms with Gasteiger partial charge >= 0.3 is 0 Å². The van der Waals surface area contributed by atoms with Crippen LogP contribution >= 0.6 is 11.6 Å². The minimum atomic E-state index is -0.527. The van der Waals surface area contributed by atoms with E-state index in [1.807, 2.05) is 13.8 Å². The van der Waals surface area contributed by atoms with Crippen molar-refractivity contribution in [3.8, 4) is 5.69 Å². The number of nitrogens with zero attached hydrogens (tertiary/aromatic N) is 3. The third-order valence-electron chi connectivity index (χ3n) is 3.77. The second-order valence-corrected chi connectivity index (χ2v) is 6.73. The monoisotopic (exact) mass is 366 g/mol. The maximum atomic E-state index is 12.4. The summed E-state index contributed by atoms with van der Waals surface area (Å²) in [6.07, 6.45) is 2.03. The van der Waals surface area contributed by atoms with E-state index < -0.39 is 10.5 Å². The van der Waals surface area contributed by atoms with E-state index in [9.17, 15) is 14.9 Å². The Hall–Kier alpha value is -2.45. The van der Waals surface area contributed by atoms with E-state index >= 15 is 0 Å². The van der Waals surface area contributed by atoms with Crippen LogP contribution in [0.25, 0.3) is 5.69 Å². The Balaban J connectivity index is 2.25. The molecule has 0 radical (unpaired) electrons. The fourth-order valence-electron chi connectivity index (χ4n) is 2.18. The molecule has 0 unspecified atom stereocenters. The first-order chi connectivity index (χ1) is 11.7. The van der Waals surface area contributed by atoms with Gasteiger partial charge in [0.1, 0.15) is 5.02 Å². The van der Waals surface area contributed by atoms with Crippen LogP contribution in [0.5, 0.6) is 0 Å². The second-order valence-electron chi connectivity index (χ2n) is 6.35. The minimum Gasteiger partial charge on any atom is -0.396 e. The maximum Gasteiger partial charge on any atom is 0.292 e. The molecule has 0 aliphatic carbocycles. The molecule has 2 N–H and O–H groups in total. The number of non-ortho nitro benzene ring substituents is 1. The molecule has 0 fully saturated rings. The fraction of sp³-hybridized carbons (Fsp3) is 0.375. The van der Waals surface area contributed by atoms with E-state index in [0.717, 1.165) is 4.68 Å². The Morgan fingerprint density at radius 3 is 2.56 bits per heavy atom. The van der Waals surface area contributed by atoms with Crippen LogP contribution in [0.1, 0.15) is 20.3 Å². The zero-order valence-corrected chi connectivity index (χ0v) is 14.7. The Kier molecular flexibility index (Phi) is 5.76. The van der Waals surface area contributed by atoms with Gasteiger partial charge < -0.3 is 10.4 Å². The van der Waals surface area contributed by atoms with Crippen LogP contribution in [0.4, 0.5) is 11.4 Å². The van der Waals surface area contributed by atoms with Gasteiger partial charge in [0.2, 0.25) is 0 Å². The lowest BCUT2D eigenvalue weighted by Gasteiger charge is -2.24. The lowest BCUT2D eigenvalue weighted by molar-refractivity contribution is -0.384. The Bertz CT molecular complexity index is 818. The molecular weight excluding hydrogens is 348 g/mol. The molecule has 134 valence electrons. The van der Waals surface area contributed by atoms with Gasteiger partial charge in [0.15, 0.2) is 0 Å². The highest BCUT2D eigenvalue weighted by molar-refractivity contribution is 6.32. The van der Waals surface area contributed by atoms with E-state index in [4.69, 9.17) is 16.7 Å². The predicted octanol–water partition coefficient (Wildman–Crippen LogP) is 2.61. The van der Waals surface area contributed by atoms with Gasteiger partial charge in [-0.2, -0.15) is 9.78 Å². The third-order valence-corrected chi connectivity index (χ3v) is 4.14. The number of aromatic nitrogens is 2. The van der Waals surface area contributed by atoms with Crippen LogP contribution in [0.2, 0.25) is 5.02 Å². The van der Waals surface area contributed by atoms with Crippen molar-refractivity contribution in [3.63, 3.8) is 0 Å². The Morgan fingerprint density at radius 2 is 2.00 bits per heavy atom. The molecular formula is C16H19ClN4O4. The van der Waals surface area contributed by atoms with Crippen molar-refractivity contribution in [2.45, 2.75) is 20.3 Å². The summed E-state index contributed by atoms with van der Waals surface area (Å²) in [5, 5.41) is 26.9. The summed E-state index contributed by atoms with van der Waals surface area (Å²) in [4.78, 5) is 22.6. The highest BCUT2D eigenvalue weighted by Gasteiger charge is 2.18. The predicted molar refractivity (Wildman–Crippen MR) is 95.5 cm³/mol. The van der Waals surface area contributed by atoms with Crippen LogP contribution in [-0.2, 0) is 0 Å². The summed E-state index contributed by atoms with van der Waals surface area (Å²) in [5.74, 6) is 0. The summed E-state index contributed by atoms with van der Waals surface area (Å²) in [5.41, 5.74) is -0.000954. The van der Waals surface area contributed by atoms with Crippen LogP contribution in [-0.4, -0.2) is 33.0 Å². The number of nitro groups is 1. The lowest BCUT2D eigenvalue weighted by atomic mass is 9.90. The van der Waals surface area contributed by atoms with Gasteiger partial charge in [-0.25, -0.2) is 0 Å². The van der Waals surface area contributed by atoms with Crippen LogP contribution in [0.15, 0.2) is 35.3 Å². The van der Waals surface area contributed by atoms with Gasteiger partial charge in [-0.15, -0.1) is 0 Å². The van der Waals surface area contributed by atoms with E-state index in [-0.39, 0.29) is 22.7 Å². The topological polar surface area (TPSA) is 110 Å². The fourth-order valence-corrected chi connectivity index (χ4v) is 2.38. The lowest BCUT2D eigenvalue weighted by Crippen LogP contribution is -2.27. The first-order valence-electron chi connectivity index (χ1n) is 7.62. The Morgan fingerprint density at radius 1 is 1.36 bits per heavy atom. The zero-order valence-electron chi connectivity index (χ0n) is 13.9. The molecule has 9 heteroatoms. The number of nitrogens with one attached hydrogen (secondary N) is 1. The van der Waals surface area contributed by atoms with Crippen molar-refractivity contribution in [3.05, 3.63) is 56.0 Å². The van der Waals surface area contributed by atoms with E-state index in [0.29, 0.717) is 24.3 Å². The molecule has 2 aromatic rings. The molecule has 0 atom stereocenters. The highest BCUT2D eigenvalue weighted by atomic mass is 35.5. The standard InChI is InChI=1S/C16H19ClN4O4/c1-16(2,7-8-22)10-18-13-9-19-20(15(23)14(13)17)11-3-5-12(6-4-11)21(24)25/h3-6,9,18,22H,7-8,10H2,1-2H3. The molecule has 25 heavy (non-hydrogen) atoms. The Labute approximate surface area is 149 Å². The highest BCUT2D eigenvalue weighted by Crippen LogP contribution is 2.23. The van der Waals surface area contributed by atoms with E-state index in [2.05, 4.69) is 10.4 Å². The van der Waals surface area contributed by atoms with Crippen molar-refractivity contribution >= 4 is 23.0 Å². The number of halogens is 1. The molecule has 2 rings (SSSR count). The largest absolute Gasteiger partial charge is 0.396 e. The number of hydrogen-bond donors (Lipinski definition) is 2. The van der Waals surface area contributed by atoms with Crippen molar-refractivity contribution < 1.29 is 10.0 Å². The minimum absolute atomic E-state index is 0.0202. The van der Waals surface area contributed by atoms with Gasteiger partial charge in [-0.05, 0) is 24.0 Å². The SMILES string of the molecule is CC(C)(CCO)CNc1cnn(-c2ccc([N+](=O)[O-])cc2)c(=O)c1Cl. The zero-order chi connectivity index (χ0) is 18.6. The van der Waals surface area contributed by atoms with Gasteiger partial charge in [0, 0.05) is 25.3 Å². The molecule has 0 bridgehead atoms. The summed E-state index contributed by atoms with van der Waals surface area (Å²) < 4.78 is 1.08. The molecule has 0 spiro atoms. The van der Waals surface area contributed by atoms with Crippen LogP contribution < -0.4 is 10.9 Å². The van der Waals surface area contributed by atoms with Crippen molar-refractivity contribution in [2.75, 3.05) is 18.5 Å². The van der Waals surface area contributed by atoms with Crippen molar-refractivity contribution in [1.82, 2.24) is 9.78 Å². The first kappa shape index (κ1) is 18.9. The van der Waals surface area contributed by atoms with Gasteiger partial charge in [-0.1, -0.05) is 25.4 Å². The summed E-state index contributed by atoms with van der Waals surface area (Å²) in [7, 11) is 0. The van der Waals surface area contributed by atoms with Gasteiger partial charge in [-0.3, -0.25) is 14.9 Å². The summed E-state index contributed by atoms with van der Waals surface area (Å²) in [6, 6.07) is 5.45. The molecule has 0 amide bonds. The number of aliphatic hydroxyl groups excluding tert-OH is 1. The third kappa shape index (κ3) is 4.55. The number of nitro benzene ring substituents is 1. The second kappa shape index (κ2) is 7.62. The maximum absolute atomic E-state index is 12.4. The van der Waals surface area contributed by atoms with Gasteiger partial charge in [0.25, 0.3) is 11.2 Å². The summed E-state index contributed by atoms with van der Waals surface area (Å²) in [6.45, 7) is 4.55. The van der Waals surface area contributed by atoms with Crippen LogP contribution in [0, 0.1) is 15.5 Å². The average Bonchev–Trinajstić information content (AvgIpc) is 2.56. The number of anilines is 1. The molecule has 0 saturated carbocycles. The molecule has 1 heterocycles. The molecule has 0 saturated heterocycles. The van der Waals surface area contributed by atoms with Gasteiger partial charge in [0.05, 0.1) is 22.5 Å². The smallest absolute Gasteiger partial charge is 0.292 e. The number of rotatable bonds is 7. The van der Waals surface area contributed by atoms with Crippen molar-refractivity contribution in [1.29, 1.82) is 0 Å². The molecule has 0 aliphatic heterocycles. The van der Waals surface area contributed by atoms with E-state index in [1.54, 1.807) is 0 Å². The average molecular weight is 367 g/mol. The van der Waals surface area contributed by atoms with Crippen molar-refractivity contribution in [2.24, 2.45) is 5.41 Å². The number of benzene rings is 1. The summed E-state index contributed by atoms with van der Waals surface area (Å²) >= 11 is 6.14. The molecule has 0 aliphatic rings. The first-order valence-corrected chi connectivity index (χ1v) is 8.00. The normalized spacial score (nSPS) is 11.4. The molecule has 1 aromatic carbocycles. The van der Waals surface area contributed by atoms with Crippen LogP contribution in [0.3, 0.4) is 0 Å². The number of aliphatic hydroxyl groups is 1. The molecule has 1 aromatic heterocycles.